The lowest BCUT2D eigenvalue weighted by Crippen LogP contribution is -2.37. The third kappa shape index (κ3) is 4.72. The molecule has 2 aliphatic rings. The number of hydrogen-bond donors (Lipinski definition) is 2. The van der Waals surface area contributed by atoms with Crippen LogP contribution < -0.4 is 5.32 Å². The van der Waals surface area contributed by atoms with E-state index in [4.69, 9.17) is 4.74 Å². The Kier molecular flexibility index (Phi) is 6.26. The molecular weight excluding hydrogens is 256 g/mol. The van der Waals surface area contributed by atoms with Crippen LogP contribution in [-0.2, 0) is 9.53 Å². The van der Waals surface area contributed by atoms with Crippen molar-refractivity contribution in [2.24, 2.45) is 11.8 Å². The van der Waals surface area contributed by atoms with Crippen LogP contribution in [0.2, 0.25) is 0 Å². The van der Waals surface area contributed by atoms with Crippen LogP contribution in [0.1, 0.15) is 32.1 Å². The number of aliphatic hydroxyl groups excluding tert-OH is 1. The summed E-state index contributed by atoms with van der Waals surface area (Å²) in [5, 5.41) is 12.6. The summed E-state index contributed by atoms with van der Waals surface area (Å²) in [6.07, 6.45) is 4.17. The van der Waals surface area contributed by atoms with Gasteiger partial charge < -0.3 is 20.1 Å². The van der Waals surface area contributed by atoms with E-state index in [1.165, 1.54) is 0 Å². The first-order valence-electron chi connectivity index (χ1n) is 7.86. The second-order valence-electron chi connectivity index (χ2n) is 6.20. The van der Waals surface area contributed by atoms with Gasteiger partial charge in [-0.05, 0) is 44.6 Å². The van der Waals surface area contributed by atoms with Gasteiger partial charge in [0, 0.05) is 32.7 Å². The lowest BCUT2D eigenvalue weighted by molar-refractivity contribution is -0.126. The zero-order valence-corrected chi connectivity index (χ0v) is 12.5. The van der Waals surface area contributed by atoms with E-state index in [1.54, 1.807) is 7.11 Å². The fraction of sp³-hybridized carbons (Fsp3) is 0.933. The molecule has 1 aliphatic heterocycles. The Morgan fingerprint density at radius 3 is 2.75 bits per heavy atom. The van der Waals surface area contributed by atoms with Crippen molar-refractivity contribution in [2.45, 2.75) is 38.2 Å². The average molecular weight is 284 g/mol. The van der Waals surface area contributed by atoms with Gasteiger partial charge in [0.1, 0.15) is 0 Å². The summed E-state index contributed by atoms with van der Waals surface area (Å²) in [5.74, 6) is 0.877. The van der Waals surface area contributed by atoms with E-state index in [9.17, 15) is 9.90 Å². The number of methoxy groups -OCH3 is 1. The molecule has 0 aromatic rings. The molecule has 0 spiro atoms. The zero-order valence-electron chi connectivity index (χ0n) is 12.5. The molecule has 1 saturated heterocycles. The molecule has 0 bridgehead atoms. The molecule has 2 N–H and O–H groups in total. The first-order valence-corrected chi connectivity index (χ1v) is 7.86. The number of amides is 1. The predicted molar refractivity (Wildman–Crippen MR) is 77.4 cm³/mol. The third-order valence-corrected chi connectivity index (χ3v) is 4.61. The van der Waals surface area contributed by atoms with Crippen molar-refractivity contribution in [3.63, 3.8) is 0 Å². The van der Waals surface area contributed by atoms with Gasteiger partial charge in [-0.1, -0.05) is 0 Å². The lowest BCUT2D eigenvalue weighted by Gasteiger charge is -2.25. The van der Waals surface area contributed by atoms with Crippen LogP contribution in [0.4, 0.5) is 0 Å². The van der Waals surface area contributed by atoms with Gasteiger partial charge in [-0.15, -0.1) is 0 Å². The van der Waals surface area contributed by atoms with Crippen molar-refractivity contribution in [3.8, 4) is 0 Å². The smallest absolute Gasteiger partial charge is 0.223 e. The first-order chi connectivity index (χ1) is 9.69. The van der Waals surface area contributed by atoms with Gasteiger partial charge in [0.2, 0.25) is 5.91 Å². The Balaban J connectivity index is 1.62. The molecule has 1 unspecified atom stereocenters. The molecule has 2 rings (SSSR count). The molecule has 1 heterocycles. The minimum absolute atomic E-state index is 0.115. The Labute approximate surface area is 121 Å². The largest absolute Gasteiger partial charge is 0.393 e. The molecule has 0 aromatic heterocycles. The number of hydrogen-bond acceptors (Lipinski definition) is 4. The van der Waals surface area contributed by atoms with Gasteiger partial charge >= 0.3 is 0 Å². The van der Waals surface area contributed by atoms with Crippen molar-refractivity contribution in [1.82, 2.24) is 10.2 Å². The van der Waals surface area contributed by atoms with E-state index in [0.29, 0.717) is 5.92 Å². The summed E-state index contributed by atoms with van der Waals surface area (Å²) < 4.78 is 5.09. The quantitative estimate of drug-likeness (QED) is 0.751. The number of rotatable bonds is 6. The van der Waals surface area contributed by atoms with E-state index >= 15 is 0 Å². The summed E-state index contributed by atoms with van der Waals surface area (Å²) in [7, 11) is 1.73. The zero-order chi connectivity index (χ0) is 14.4. The maximum Gasteiger partial charge on any atom is 0.223 e. The van der Waals surface area contributed by atoms with Gasteiger partial charge in [0.05, 0.1) is 12.7 Å². The van der Waals surface area contributed by atoms with Crippen molar-refractivity contribution in [1.29, 1.82) is 0 Å². The predicted octanol–water partition coefficient (Wildman–Crippen LogP) is 0.622. The highest BCUT2D eigenvalue weighted by molar-refractivity contribution is 5.78. The molecule has 1 atom stereocenters. The molecule has 1 saturated carbocycles. The van der Waals surface area contributed by atoms with Crippen LogP contribution in [0.3, 0.4) is 0 Å². The van der Waals surface area contributed by atoms with Crippen LogP contribution in [0.25, 0.3) is 0 Å². The van der Waals surface area contributed by atoms with Crippen molar-refractivity contribution >= 4 is 5.91 Å². The highest BCUT2D eigenvalue weighted by atomic mass is 16.5. The van der Waals surface area contributed by atoms with Crippen molar-refractivity contribution in [2.75, 3.05) is 39.9 Å². The van der Waals surface area contributed by atoms with E-state index in [1.807, 2.05) is 0 Å². The molecule has 1 aliphatic carbocycles. The molecule has 5 heteroatoms. The minimum atomic E-state index is -0.191. The average Bonchev–Trinajstić information content (AvgIpc) is 2.91. The van der Waals surface area contributed by atoms with E-state index in [0.717, 1.165) is 64.9 Å². The number of nitrogens with one attached hydrogen (secondary N) is 1. The van der Waals surface area contributed by atoms with E-state index in [2.05, 4.69) is 10.2 Å². The Bertz CT molecular complexity index is 303. The molecule has 20 heavy (non-hydrogen) atoms. The highest BCUT2D eigenvalue weighted by Gasteiger charge is 2.27. The number of ether oxygens (including phenoxy) is 1. The van der Waals surface area contributed by atoms with Crippen LogP contribution >= 0.6 is 0 Å². The molecule has 0 aromatic carbocycles. The highest BCUT2D eigenvalue weighted by Crippen LogP contribution is 2.24. The monoisotopic (exact) mass is 284 g/mol. The number of carbonyl (C=O) groups excluding carboxylic acids is 1. The van der Waals surface area contributed by atoms with E-state index < -0.39 is 0 Å². The van der Waals surface area contributed by atoms with Gasteiger partial charge in [-0.3, -0.25) is 4.79 Å². The van der Waals surface area contributed by atoms with Gasteiger partial charge in [0.25, 0.3) is 0 Å². The van der Waals surface area contributed by atoms with Crippen LogP contribution in [0.5, 0.6) is 0 Å². The third-order valence-electron chi connectivity index (χ3n) is 4.61. The summed E-state index contributed by atoms with van der Waals surface area (Å²) in [6.45, 7) is 4.73. The number of aliphatic hydroxyl groups is 1. The maximum absolute atomic E-state index is 12.1. The normalized spacial score (nSPS) is 31.4. The molecule has 1 amide bonds. The van der Waals surface area contributed by atoms with Gasteiger partial charge in [0.15, 0.2) is 0 Å². The van der Waals surface area contributed by atoms with Crippen molar-refractivity contribution < 1.29 is 14.6 Å². The Morgan fingerprint density at radius 2 is 2.05 bits per heavy atom. The number of nitrogens with zero attached hydrogens (tertiary/aromatic N) is 1. The summed E-state index contributed by atoms with van der Waals surface area (Å²) in [6, 6.07) is 0. The second-order valence-corrected chi connectivity index (χ2v) is 6.20. The SMILES string of the molecule is COCCN1CCC(CNC(=O)C2CCC(O)CC2)C1. The molecule has 5 nitrogen and oxygen atoms in total. The standard InChI is InChI=1S/C15H28N2O3/c1-20-9-8-17-7-6-12(11-17)10-16-15(19)13-2-4-14(18)5-3-13/h12-14,18H,2-11H2,1H3,(H,16,19). The summed E-state index contributed by atoms with van der Waals surface area (Å²) >= 11 is 0. The fourth-order valence-corrected chi connectivity index (χ4v) is 3.23. The molecular formula is C15H28N2O3. The Hall–Kier alpha value is -0.650. The molecule has 116 valence electrons. The minimum Gasteiger partial charge on any atom is -0.393 e. The topological polar surface area (TPSA) is 61.8 Å². The van der Waals surface area contributed by atoms with Crippen LogP contribution in [-0.4, -0.2) is 61.9 Å². The fourth-order valence-electron chi connectivity index (χ4n) is 3.23. The lowest BCUT2D eigenvalue weighted by atomic mass is 9.87. The van der Waals surface area contributed by atoms with Crippen LogP contribution in [0.15, 0.2) is 0 Å². The second kappa shape index (κ2) is 7.96. The first kappa shape index (κ1) is 15.7. The van der Waals surface area contributed by atoms with E-state index in [-0.39, 0.29) is 17.9 Å². The van der Waals surface area contributed by atoms with Gasteiger partial charge in [-0.2, -0.15) is 0 Å². The van der Waals surface area contributed by atoms with Crippen LogP contribution in [0, 0.1) is 11.8 Å². The van der Waals surface area contributed by atoms with Gasteiger partial charge in [-0.25, -0.2) is 0 Å². The number of carbonyl (C=O) groups is 1. The molecule has 2 fully saturated rings. The molecule has 0 radical (unpaired) electrons. The van der Waals surface area contributed by atoms with Crippen molar-refractivity contribution in [3.05, 3.63) is 0 Å². The number of likely N-dealkylation sites (tertiary alicyclic amines) is 1. The Morgan fingerprint density at radius 1 is 1.30 bits per heavy atom. The summed E-state index contributed by atoms with van der Waals surface area (Å²) in [4.78, 5) is 14.5. The maximum atomic E-state index is 12.1. The summed E-state index contributed by atoms with van der Waals surface area (Å²) in [5.41, 5.74) is 0.